The Labute approximate surface area is 187 Å². The van der Waals surface area contributed by atoms with Gasteiger partial charge in [-0.05, 0) is 75.3 Å². The summed E-state index contributed by atoms with van der Waals surface area (Å²) in [7, 11) is -0.495. The van der Waals surface area contributed by atoms with Crippen molar-refractivity contribution < 1.29 is 9.50 Å². The predicted molar refractivity (Wildman–Crippen MR) is 134 cm³/mol. The van der Waals surface area contributed by atoms with Crippen LogP contribution >= 0.6 is 22.7 Å². The Balaban J connectivity index is 2.37. The molecule has 0 radical (unpaired) electrons. The van der Waals surface area contributed by atoms with Crippen molar-refractivity contribution in [3.8, 4) is 11.1 Å². The molecular formula is C26H33FOS2. The molecule has 0 bridgehead atoms. The lowest BCUT2D eigenvalue weighted by Crippen LogP contribution is -2.14. The van der Waals surface area contributed by atoms with Crippen molar-refractivity contribution in [3.63, 3.8) is 0 Å². The number of rotatable bonds is 7. The van der Waals surface area contributed by atoms with Crippen LogP contribution in [-0.4, -0.2) is 11.4 Å². The molecule has 1 N–H and O–H groups in total. The van der Waals surface area contributed by atoms with Gasteiger partial charge < -0.3 is 5.11 Å². The van der Waals surface area contributed by atoms with E-state index in [4.69, 9.17) is 0 Å². The fourth-order valence-electron chi connectivity index (χ4n) is 4.35. The van der Waals surface area contributed by atoms with Gasteiger partial charge in [0.1, 0.15) is 5.82 Å². The summed E-state index contributed by atoms with van der Waals surface area (Å²) >= 11 is 1.75. The number of allylic oxidation sites excluding steroid dienone is 1. The van der Waals surface area contributed by atoms with Gasteiger partial charge in [0.25, 0.3) is 0 Å². The molecule has 1 aliphatic rings. The Hall–Kier alpha value is -1.49. The number of hydrogen-bond donors (Lipinski definition) is 2. The van der Waals surface area contributed by atoms with Crippen LogP contribution in [0.3, 0.4) is 0 Å². The second-order valence-corrected chi connectivity index (χ2v) is 11.3. The van der Waals surface area contributed by atoms with Crippen molar-refractivity contribution in [2.24, 2.45) is 0 Å². The van der Waals surface area contributed by atoms with Gasteiger partial charge in [0, 0.05) is 10.7 Å². The van der Waals surface area contributed by atoms with Crippen molar-refractivity contribution in [3.05, 3.63) is 80.2 Å². The van der Waals surface area contributed by atoms with Crippen LogP contribution in [0.25, 0.3) is 11.1 Å². The monoisotopic (exact) mass is 444 g/mol. The predicted octanol–water partition coefficient (Wildman–Crippen LogP) is 8.03. The van der Waals surface area contributed by atoms with Crippen LogP contribution in [-0.2, 0) is 5.75 Å². The van der Waals surface area contributed by atoms with E-state index in [1.165, 1.54) is 4.91 Å². The fourth-order valence-corrected chi connectivity index (χ4v) is 7.22. The largest absolute Gasteiger partial charge is 0.389 e. The average molecular weight is 445 g/mol. The van der Waals surface area contributed by atoms with Gasteiger partial charge >= 0.3 is 0 Å². The van der Waals surface area contributed by atoms with E-state index in [0.717, 1.165) is 33.6 Å². The summed E-state index contributed by atoms with van der Waals surface area (Å²) in [5, 5.41) is 15.4. The van der Waals surface area contributed by atoms with Gasteiger partial charge in [-0.15, -0.1) is 11.8 Å². The van der Waals surface area contributed by atoms with Gasteiger partial charge in [-0.25, -0.2) is 15.3 Å². The molecule has 0 aromatic heterocycles. The molecule has 162 valence electrons. The molecule has 0 aliphatic carbocycles. The van der Waals surface area contributed by atoms with Gasteiger partial charge in [0.05, 0.1) is 6.10 Å². The van der Waals surface area contributed by atoms with Crippen molar-refractivity contribution in [2.75, 3.05) is 6.26 Å². The second kappa shape index (κ2) is 9.76. The topological polar surface area (TPSA) is 20.2 Å². The number of thioether (sulfide) groups is 1. The first-order valence-electron chi connectivity index (χ1n) is 10.6. The van der Waals surface area contributed by atoms with Crippen molar-refractivity contribution in [2.45, 2.75) is 58.3 Å². The number of aliphatic hydroxyl groups is 1. The first kappa shape index (κ1) is 23.2. The number of halogens is 1. The summed E-state index contributed by atoms with van der Waals surface area (Å²) in [6.45, 7) is 9.94. The SMILES string of the molecule is CSC1=C[SH](Cc2c(-c3ccccc3)c(C(C)O)c(C(C)C)c(F)c2C(C)C)C=C1. The Morgan fingerprint density at radius 2 is 1.60 bits per heavy atom. The van der Waals surface area contributed by atoms with E-state index in [1.54, 1.807) is 18.7 Å². The standard InChI is InChI=1S/C26H33FOS2/c1-16(2)22-21(15-30-13-12-20(14-30)29-6)25(19-10-8-7-9-11-19)24(18(5)28)23(17(3)4)26(22)27/h7-14,16-18,28,30H,15H2,1-6H3. The van der Waals surface area contributed by atoms with Gasteiger partial charge in [0.2, 0.25) is 0 Å². The summed E-state index contributed by atoms with van der Waals surface area (Å²) in [5.74, 6) is 0.720. The third-order valence-corrected chi connectivity index (χ3v) is 8.32. The van der Waals surface area contributed by atoms with E-state index in [9.17, 15) is 5.11 Å². The zero-order valence-corrected chi connectivity index (χ0v) is 20.4. The third-order valence-electron chi connectivity index (χ3n) is 5.59. The number of hydrogen-bond acceptors (Lipinski definition) is 2. The molecule has 2 aromatic carbocycles. The zero-order valence-electron chi connectivity index (χ0n) is 18.7. The first-order valence-corrected chi connectivity index (χ1v) is 13.5. The molecular weight excluding hydrogens is 411 g/mol. The minimum Gasteiger partial charge on any atom is -0.389 e. The summed E-state index contributed by atoms with van der Waals surface area (Å²) < 4.78 is 16.0. The maximum atomic E-state index is 16.0. The molecule has 30 heavy (non-hydrogen) atoms. The van der Waals surface area contributed by atoms with Gasteiger partial charge in [0.15, 0.2) is 0 Å². The molecule has 0 saturated carbocycles. The summed E-state index contributed by atoms with van der Waals surface area (Å²) in [5.41, 5.74) is 5.36. The highest BCUT2D eigenvalue weighted by Gasteiger charge is 2.29. The lowest BCUT2D eigenvalue weighted by Gasteiger charge is -2.29. The molecule has 3 rings (SSSR count). The van der Waals surface area contributed by atoms with Gasteiger partial charge in [-0.3, -0.25) is 0 Å². The minimum atomic E-state index is -0.740. The van der Waals surface area contributed by atoms with Crippen LogP contribution in [0.2, 0.25) is 0 Å². The van der Waals surface area contributed by atoms with Crippen molar-refractivity contribution in [1.29, 1.82) is 0 Å². The molecule has 2 atom stereocenters. The summed E-state index contributed by atoms with van der Waals surface area (Å²) in [6.07, 6.45) is 3.53. The molecule has 0 fully saturated rings. The van der Waals surface area contributed by atoms with E-state index < -0.39 is 17.0 Å². The summed E-state index contributed by atoms with van der Waals surface area (Å²) in [6, 6.07) is 10.2. The lowest BCUT2D eigenvalue weighted by molar-refractivity contribution is 0.197. The highest BCUT2D eigenvalue weighted by Crippen LogP contribution is 2.49. The normalized spacial score (nSPS) is 18.3. The van der Waals surface area contributed by atoms with E-state index in [-0.39, 0.29) is 17.7 Å². The fraction of sp³-hybridized carbons (Fsp3) is 0.385. The Morgan fingerprint density at radius 1 is 0.967 bits per heavy atom. The maximum Gasteiger partial charge on any atom is 0.130 e. The van der Waals surface area contributed by atoms with Gasteiger partial charge in [-0.1, -0.05) is 58.0 Å². The maximum absolute atomic E-state index is 16.0. The van der Waals surface area contributed by atoms with Crippen LogP contribution < -0.4 is 0 Å². The van der Waals surface area contributed by atoms with Crippen LogP contribution in [0.4, 0.5) is 4.39 Å². The van der Waals surface area contributed by atoms with E-state index >= 15 is 4.39 Å². The quantitative estimate of drug-likeness (QED) is 0.422. The number of benzene rings is 2. The molecule has 0 amide bonds. The Bertz CT molecular complexity index is 959. The van der Waals surface area contributed by atoms with E-state index in [0.29, 0.717) is 5.56 Å². The van der Waals surface area contributed by atoms with Crippen LogP contribution in [0.15, 0.2) is 52.1 Å². The average Bonchev–Trinajstić information content (AvgIpc) is 3.15. The summed E-state index contributed by atoms with van der Waals surface area (Å²) in [4.78, 5) is 1.28. The van der Waals surface area contributed by atoms with Crippen LogP contribution in [0.1, 0.15) is 74.8 Å². The molecule has 4 heteroatoms. The molecule has 0 saturated heterocycles. The Kier molecular flexibility index (Phi) is 7.54. The third kappa shape index (κ3) is 4.56. The van der Waals surface area contributed by atoms with E-state index in [2.05, 4.69) is 49.1 Å². The lowest BCUT2D eigenvalue weighted by atomic mass is 9.79. The second-order valence-electron chi connectivity index (χ2n) is 8.48. The van der Waals surface area contributed by atoms with E-state index in [1.807, 2.05) is 32.0 Å². The first-order chi connectivity index (χ1) is 14.3. The van der Waals surface area contributed by atoms with Gasteiger partial charge in [-0.2, -0.15) is 0 Å². The minimum absolute atomic E-state index is 0.0105. The molecule has 2 unspecified atom stereocenters. The highest BCUT2D eigenvalue weighted by molar-refractivity contribution is 8.22. The highest BCUT2D eigenvalue weighted by atomic mass is 32.2. The smallest absolute Gasteiger partial charge is 0.130 e. The zero-order chi connectivity index (χ0) is 22.0. The van der Waals surface area contributed by atoms with Crippen molar-refractivity contribution >= 4 is 22.7 Å². The molecule has 2 aromatic rings. The van der Waals surface area contributed by atoms with Crippen molar-refractivity contribution in [1.82, 2.24) is 0 Å². The number of thiol groups is 1. The molecule has 1 nitrogen and oxygen atoms in total. The molecule has 0 spiro atoms. The van der Waals surface area contributed by atoms with Crippen LogP contribution in [0.5, 0.6) is 0 Å². The van der Waals surface area contributed by atoms with Crippen LogP contribution in [0, 0.1) is 5.82 Å². The Morgan fingerprint density at radius 3 is 2.10 bits per heavy atom. The molecule has 1 aliphatic heterocycles. The number of aliphatic hydroxyl groups excluding tert-OH is 1. The molecule has 1 heterocycles.